The van der Waals surface area contributed by atoms with Gasteiger partial charge in [-0.1, -0.05) is 25.5 Å². The number of anilines is 2. The van der Waals surface area contributed by atoms with Gasteiger partial charge >= 0.3 is 0 Å². The van der Waals surface area contributed by atoms with Gasteiger partial charge in [0.1, 0.15) is 0 Å². The maximum atomic E-state index is 12.5. The van der Waals surface area contributed by atoms with Gasteiger partial charge < -0.3 is 10.6 Å². The fourth-order valence-electron chi connectivity index (χ4n) is 2.56. The van der Waals surface area contributed by atoms with Crippen molar-refractivity contribution in [3.63, 3.8) is 0 Å². The van der Waals surface area contributed by atoms with E-state index in [0.29, 0.717) is 6.42 Å². The molecule has 1 unspecified atom stereocenters. The second-order valence-electron chi connectivity index (χ2n) is 6.67. The fraction of sp³-hybridized carbons (Fsp3) is 0.364. The normalized spacial score (nSPS) is 11.7. The summed E-state index contributed by atoms with van der Waals surface area (Å²) in [5.74, 6) is 0.0177. The lowest BCUT2D eigenvalue weighted by Crippen LogP contribution is -2.22. The molecular formula is C22H28N2O2S. The Morgan fingerprint density at radius 2 is 1.74 bits per heavy atom. The van der Waals surface area contributed by atoms with Crippen LogP contribution in [0.15, 0.2) is 47.4 Å². The van der Waals surface area contributed by atoms with Crippen LogP contribution in [-0.4, -0.2) is 17.1 Å². The van der Waals surface area contributed by atoms with E-state index in [1.54, 1.807) is 0 Å². The molecule has 0 radical (unpaired) electrons. The van der Waals surface area contributed by atoms with Crippen molar-refractivity contribution < 1.29 is 9.59 Å². The van der Waals surface area contributed by atoms with Gasteiger partial charge in [-0.15, -0.1) is 11.8 Å². The van der Waals surface area contributed by atoms with Crippen LogP contribution in [0, 0.1) is 13.8 Å². The third kappa shape index (κ3) is 6.43. The van der Waals surface area contributed by atoms with E-state index in [1.807, 2.05) is 63.2 Å². The largest absolute Gasteiger partial charge is 0.326 e. The smallest absolute Gasteiger partial charge is 0.237 e. The average molecular weight is 385 g/mol. The molecule has 27 heavy (non-hydrogen) atoms. The van der Waals surface area contributed by atoms with E-state index in [-0.39, 0.29) is 17.1 Å². The molecular weight excluding hydrogens is 356 g/mol. The van der Waals surface area contributed by atoms with E-state index in [0.717, 1.165) is 40.2 Å². The molecule has 1 atom stereocenters. The number of nitrogens with one attached hydrogen (secondary N) is 2. The predicted molar refractivity (Wildman–Crippen MR) is 114 cm³/mol. The number of aryl methyl sites for hydroxylation is 1. The molecule has 0 heterocycles. The van der Waals surface area contributed by atoms with Crippen LogP contribution in [0.2, 0.25) is 0 Å². The van der Waals surface area contributed by atoms with Gasteiger partial charge in [0.25, 0.3) is 0 Å². The van der Waals surface area contributed by atoms with Crippen molar-refractivity contribution in [2.75, 3.05) is 10.6 Å². The molecule has 5 heteroatoms. The Bertz CT molecular complexity index is 787. The highest BCUT2D eigenvalue weighted by atomic mass is 32.2. The molecule has 144 valence electrons. The molecule has 0 saturated carbocycles. The van der Waals surface area contributed by atoms with Crippen molar-refractivity contribution >= 4 is 35.0 Å². The Morgan fingerprint density at radius 1 is 1.04 bits per heavy atom. The van der Waals surface area contributed by atoms with E-state index in [2.05, 4.69) is 17.6 Å². The molecule has 0 aliphatic heterocycles. The highest BCUT2D eigenvalue weighted by Crippen LogP contribution is 2.26. The van der Waals surface area contributed by atoms with Gasteiger partial charge in [-0.25, -0.2) is 0 Å². The first-order chi connectivity index (χ1) is 12.9. The minimum absolute atomic E-state index is 0.0226. The fourth-order valence-corrected chi connectivity index (χ4v) is 3.42. The van der Waals surface area contributed by atoms with Gasteiger partial charge in [0, 0.05) is 22.7 Å². The summed E-state index contributed by atoms with van der Waals surface area (Å²) in [4.78, 5) is 25.3. The molecule has 2 rings (SSSR count). The van der Waals surface area contributed by atoms with Crippen LogP contribution in [0.1, 0.15) is 44.2 Å². The number of amides is 2. The Balaban J connectivity index is 1.91. The third-order valence-electron chi connectivity index (χ3n) is 4.44. The number of hydrogen-bond donors (Lipinski definition) is 2. The van der Waals surface area contributed by atoms with Crippen LogP contribution in [0.3, 0.4) is 0 Å². The minimum atomic E-state index is -0.227. The molecule has 0 aromatic heterocycles. The molecule has 4 nitrogen and oxygen atoms in total. The monoisotopic (exact) mass is 384 g/mol. The van der Waals surface area contributed by atoms with Gasteiger partial charge in [-0.05, 0) is 68.7 Å². The zero-order valence-corrected chi connectivity index (χ0v) is 17.3. The number of carbonyl (C=O) groups excluding carboxylic acids is 2. The second kappa shape index (κ2) is 10.2. The van der Waals surface area contributed by atoms with Crippen LogP contribution >= 0.6 is 11.8 Å². The molecule has 0 aliphatic carbocycles. The number of thioether (sulfide) groups is 1. The molecule has 2 aromatic carbocycles. The van der Waals surface area contributed by atoms with Gasteiger partial charge in [0.15, 0.2) is 0 Å². The van der Waals surface area contributed by atoms with Crippen LogP contribution in [-0.2, 0) is 9.59 Å². The van der Waals surface area contributed by atoms with Gasteiger partial charge in [-0.3, -0.25) is 9.59 Å². The number of rotatable bonds is 8. The Kier molecular flexibility index (Phi) is 7.92. The van der Waals surface area contributed by atoms with Crippen molar-refractivity contribution in [1.82, 2.24) is 0 Å². The maximum absolute atomic E-state index is 12.5. The summed E-state index contributed by atoms with van der Waals surface area (Å²) in [6.45, 7) is 8.00. The Hall–Kier alpha value is -2.27. The lowest BCUT2D eigenvalue weighted by atomic mass is 10.1. The standard InChI is InChI=1S/C22H28N2O2S/c1-5-6-10-21(25)23-18-11-13-19(14-12-18)27-17(4)22(26)24-20-9-7-8-15(2)16(20)3/h7-9,11-14,17H,5-6,10H2,1-4H3,(H,23,25)(H,24,26). The molecule has 0 aliphatic rings. The average Bonchev–Trinajstić information content (AvgIpc) is 2.65. The van der Waals surface area contributed by atoms with Crippen LogP contribution in [0.4, 0.5) is 11.4 Å². The summed E-state index contributed by atoms with van der Waals surface area (Å²) < 4.78 is 0. The first-order valence-electron chi connectivity index (χ1n) is 9.34. The molecule has 0 fully saturated rings. The quantitative estimate of drug-likeness (QED) is 0.587. The van der Waals surface area contributed by atoms with E-state index < -0.39 is 0 Å². The van der Waals surface area contributed by atoms with Gasteiger partial charge in [0.2, 0.25) is 11.8 Å². The molecule has 0 spiro atoms. The van der Waals surface area contributed by atoms with Crippen molar-refractivity contribution in [2.24, 2.45) is 0 Å². The van der Waals surface area contributed by atoms with E-state index in [4.69, 9.17) is 0 Å². The van der Waals surface area contributed by atoms with Crippen LogP contribution in [0.5, 0.6) is 0 Å². The highest BCUT2D eigenvalue weighted by Gasteiger charge is 2.16. The molecule has 0 saturated heterocycles. The molecule has 0 bridgehead atoms. The van der Waals surface area contributed by atoms with E-state index >= 15 is 0 Å². The van der Waals surface area contributed by atoms with Crippen LogP contribution < -0.4 is 10.6 Å². The molecule has 2 N–H and O–H groups in total. The summed E-state index contributed by atoms with van der Waals surface area (Å²) in [7, 11) is 0. The highest BCUT2D eigenvalue weighted by molar-refractivity contribution is 8.00. The lowest BCUT2D eigenvalue weighted by Gasteiger charge is -2.15. The Labute approximate surface area is 166 Å². The van der Waals surface area contributed by atoms with Gasteiger partial charge in [0.05, 0.1) is 5.25 Å². The zero-order chi connectivity index (χ0) is 19.8. The molecule has 2 aromatic rings. The van der Waals surface area contributed by atoms with Crippen LogP contribution in [0.25, 0.3) is 0 Å². The summed E-state index contributed by atoms with van der Waals surface area (Å²) in [6, 6.07) is 13.5. The molecule has 2 amide bonds. The minimum Gasteiger partial charge on any atom is -0.326 e. The summed E-state index contributed by atoms with van der Waals surface area (Å²) in [5, 5.41) is 5.68. The van der Waals surface area contributed by atoms with Crippen molar-refractivity contribution in [3.05, 3.63) is 53.6 Å². The first kappa shape index (κ1) is 21.0. The number of carbonyl (C=O) groups is 2. The van der Waals surface area contributed by atoms with E-state index in [9.17, 15) is 9.59 Å². The number of benzene rings is 2. The van der Waals surface area contributed by atoms with Crippen molar-refractivity contribution in [2.45, 2.75) is 57.1 Å². The number of hydrogen-bond acceptors (Lipinski definition) is 3. The topological polar surface area (TPSA) is 58.2 Å². The lowest BCUT2D eigenvalue weighted by molar-refractivity contribution is -0.116. The summed E-state index contributed by atoms with van der Waals surface area (Å²) in [5.41, 5.74) is 3.89. The maximum Gasteiger partial charge on any atom is 0.237 e. The number of unbranched alkanes of at least 4 members (excludes halogenated alkanes) is 1. The predicted octanol–water partition coefficient (Wildman–Crippen LogP) is 5.55. The summed E-state index contributed by atoms with van der Waals surface area (Å²) in [6.07, 6.45) is 2.44. The van der Waals surface area contributed by atoms with Crippen molar-refractivity contribution in [3.8, 4) is 0 Å². The van der Waals surface area contributed by atoms with Gasteiger partial charge in [-0.2, -0.15) is 0 Å². The zero-order valence-electron chi connectivity index (χ0n) is 16.5. The second-order valence-corrected chi connectivity index (χ2v) is 8.09. The summed E-state index contributed by atoms with van der Waals surface area (Å²) >= 11 is 1.50. The first-order valence-corrected chi connectivity index (χ1v) is 10.2. The Morgan fingerprint density at radius 3 is 2.41 bits per heavy atom. The van der Waals surface area contributed by atoms with E-state index in [1.165, 1.54) is 11.8 Å². The third-order valence-corrected chi connectivity index (χ3v) is 5.55. The van der Waals surface area contributed by atoms with Crippen molar-refractivity contribution in [1.29, 1.82) is 0 Å². The SMILES string of the molecule is CCCCC(=O)Nc1ccc(SC(C)C(=O)Nc2cccc(C)c2C)cc1.